The summed E-state index contributed by atoms with van der Waals surface area (Å²) in [6, 6.07) is 15.6. The zero-order valence-corrected chi connectivity index (χ0v) is 26.7. The molecule has 0 atom stereocenters. The van der Waals surface area contributed by atoms with Crippen LogP contribution in [-0.2, 0) is 4.74 Å². The van der Waals surface area contributed by atoms with Crippen molar-refractivity contribution in [1.82, 2.24) is 14.8 Å². The average molecular weight is 707 g/mol. The molecular weight excluding hydrogens is 671 g/mol. The number of rotatable bonds is 8. The van der Waals surface area contributed by atoms with Gasteiger partial charge < -0.3 is 4.90 Å². The minimum absolute atomic E-state index is 0.131. The van der Waals surface area contributed by atoms with Crippen LogP contribution in [0.15, 0.2) is 63.9 Å². The van der Waals surface area contributed by atoms with Gasteiger partial charge in [-0.15, -0.1) is 0 Å². The Morgan fingerprint density at radius 2 is 1.77 bits per heavy atom. The van der Waals surface area contributed by atoms with Crippen molar-refractivity contribution in [2.45, 2.75) is 12.8 Å². The van der Waals surface area contributed by atoms with Crippen LogP contribution in [0.2, 0.25) is 0 Å². The molecule has 0 unspecified atom stereocenters. The Balaban J connectivity index is 1.20. The van der Waals surface area contributed by atoms with Crippen molar-refractivity contribution in [2.24, 2.45) is 0 Å². The van der Waals surface area contributed by atoms with E-state index in [-0.39, 0.29) is 16.9 Å². The van der Waals surface area contributed by atoms with Crippen LogP contribution >= 0.6 is 19.8 Å². The smallest absolute Gasteiger partial charge is 0.0614 e. The molecule has 44 heavy (non-hydrogen) atoms. The maximum atomic E-state index is 13.8. The van der Waals surface area contributed by atoms with Crippen LogP contribution in [0, 0.1) is 0 Å². The number of halogens is 1. The zero-order chi connectivity index (χ0) is 29.6. The number of furan rings is 1. The van der Waals surface area contributed by atoms with E-state index in [4.69, 9.17) is 13.9 Å². The molecule has 1 amide bonds. The minimum Gasteiger partial charge on any atom is -0.0614 e. The molecule has 10 heteroatoms. The molecule has 8 rings (SSSR count). The summed E-state index contributed by atoms with van der Waals surface area (Å²) in [6.45, 7) is 6.24. The molecule has 0 aliphatic carbocycles. The molecular formula is C34H35IN4O5. The molecule has 2 saturated heterocycles. The number of alkyl halides is 3. The molecule has 3 aliphatic rings. The fraction of sp³-hybridized carbons (Fsp3) is 0.353. The van der Waals surface area contributed by atoms with Crippen LogP contribution in [0.3, 0.4) is 0 Å². The third-order valence-corrected chi connectivity index (χ3v) is 14.9. The number of benzene rings is 3. The number of anilines is 1. The number of fused-ring (bicyclic) bond motifs is 5. The Labute approximate surface area is 261 Å². The van der Waals surface area contributed by atoms with E-state index >= 15 is 0 Å². The topological polar surface area (TPSA) is 98.0 Å². The number of para-hydroxylation sites is 1. The van der Waals surface area contributed by atoms with Gasteiger partial charge in [0.05, 0.1) is 0 Å². The molecule has 0 bridgehead atoms. The van der Waals surface area contributed by atoms with Gasteiger partial charge in [0.2, 0.25) is 0 Å². The number of pyridine rings is 1. The first kappa shape index (κ1) is 27.9. The molecule has 0 radical (unpaired) electrons. The molecule has 9 nitrogen and oxygen atoms in total. The zero-order valence-electron chi connectivity index (χ0n) is 24.5. The second kappa shape index (κ2) is 11.7. The van der Waals surface area contributed by atoms with Gasteiger partial charge >= 0.3 is 201 Å². The van der Waals surface area contributed by atoms with Gasteiger partial charge in [-0.25, -0.2) is 0 Å². The SMILES string of the molecule is O=C(NCCI1CCOCC1)c1cn2c3c(c(NCCN4CCCC4)ccc3c1=O)Oc1cc3c(cc1-2)oc1ccccc13. The summed E-state index contributed by atoms with van der Waals surface area (Å²) in [6.07, 6.45) is 4.18. The van der Waals surface area contributed by atoms with Crippen LogP contribution in [-0.4, -0.2) is 74.6 Å². The number of amides is 1. The summed E-state index contributed by atoms with van der Waals surface area (Å²) in [5, 5.41) is 9.04. The van der Waals surface area contributed by atoms with Gasteiger partial charge in [0.25, 0.3) is 0 Å². The van der Waals surface area contributed by atoms with Gasteiger partial charge in [0, 0.05) is 6.54 Å². The molecule has 3 aromatic carbocycles. The molecule has 5 aromatic rings. The molecule has 3 aliphatic heterocycles. The van der Waals surface area contributed by atoms with Crippen LogP contribution in [0.4, 0.5) is 5.69 Å². The van der Waals surface area contributed by atoms with Gasteiger partial charge in [0.1, 0.15) is 0 Å². The number of carbonyl (C=O) groups is 1. The fourth-order valence-corrected chi connectivity index (χ4v) is 11.1. The Morgan fingerprint density at radius 3 is 2.64 bits per heavy atom. The third kappa shape index (κ3) is 5.02. The average Bonchev–Trinajstić information content (AvgIpc) is 3.70. The van der Waals surface area contributed by atoms with E-state index < -0.39 is 19.8 Å². The summed E-state index contributed by atoms with van der Waals surface area (Å²) in [5.74, 6) is 0.906. The van der Waals surface area contributed by atoms with Gasteiger partial charge in [0.15, 0.2) is 0 Å². The van der Waals surface area contributed by atoms with Crippen molar-refractivity contribution in [3.8, 4) is 17.2 Å². The first-order valence-electron chi connectivity index (χ1n) is 15.4. The van der Waals surface area contributed by atoms with Crippen molar-refractivity contribution in [2.75, 3.05) is 64.5 Å². The Morgan fingerprint density at radius 1 is 0.932 bits per heavy atom. The molecule has 5 heterocycles. The second-order valence-electron chi connectivity index (χ2n) is 11.6. The summed E-state index contributed by atoms with van der Waals surface area (Å²) in [5.41, 5.74) is 3.56. The minimum atomic E-state index is -1.09. The third-order valence-electron chi connectivity index (χ3n) is 8.86. The number of aromatic nitrogens is 1. The number of ether oxygens (including phenoxy) is 2. The van der Waals surface area contributed by atoms with E-state index in [1.807, 2.05) is 53.1 Å². The van der Waals surface area contributed by atoms with Crippen LogP contribution in [0.1, 0.15) is 23.2 Å². The summed E-state index contributed by atoms with van der Waals surface area (Å²) in [4.78, 5) is 29.8. The van der Waals surface area contributed by atoms with Crippen molar-refractivity contribution in [3.05, 3.63) is 70.5 Å². The predicted molar refractivity (Wildman–Crippen MR) is 183 cm³/mol. The molecule has 0 saturated carbocycles. The number of carbonyl (C=O) groups excluding carboxylic acids is 1. The first-order valence-corrected chi connectivity index (χ1v) is 20.0. The van der Waals surface area contributed by atoms with Crippen molar-refractivity contribution in [1.29, 1.82) is 0 Å². The molecule has 2 fully saturated rings. The quantitative estimate of drug-likeness (QED) is 0.153. The van der Waals surface area contributed by atoms with Gasteiger partial charge in [-0.1, -0.05) is 18.2 Å². The van der Waals surface area contributed by atoms with Crippen LogP contribution in [0.5, 0.6) is 11.5 Å². The van der Waals surface area contributed by atoms with Crippen molar-refractivity contribution < 1.29 is 18.7 Å². The second-order valence-corrected chi connectivity index (χ2v) is 18.0. The van der Waals surface area contributed by atoms with Gasteiger partial charge in [-0.05, 0) is 32.0 Å². The number of likely N-dealkylation sites (tertiary alicyclic amines) is 1. The number of nitrogens with zero attached hydrogens (tertiary/aromatic N) is 2. The maximum absolute atomic E-state index is 13.8. The molecule has 2 N–H and O–H groups in total. The van der Waals surface area contributed by atoms with Gasteiger partial charge in [-0.3, -0.25) is 0 Å². The standard InChI is InChI=1S/C34H35IN4O5/c40-32-23-7-8-26(36-13-16-38-14-3-4-15-38)33-31(23)39(21-25(32)34(41)37-12-9-35-10-17-42-18-11-35)27-20-29-24(19-30(27)44-33)22-5-1-2-6-28(22)43-29/h1-2,5-8,19-21,36H,3-4,9-18H2,(H,37,41). The first-order chi connectivity index (χ1) is 21.6. The van der Waals surface area contributed by atoms with Crippen molar-refractivity contribution >= 4 is 64.3 Å². The number of hydrogen-bond acceptors (Lipinski definition) is 7. The molecule has 0 spiro atoms. The molecule has 228 valence electrons. The summed E-state index contributed by atoms with van der Waals surface area (Å²) in [7, 11) is 0. The normalized spacial score (nSPS) is 17.2. The van der Waals surface area contributed by atoms with Crippen molar-refractivity contribution in [3.63, 3.8) is 0 Å². The number of hydrogen-bond donors (Lipinski definition) is 2. The van der Waals surface area contributed by atoms with Crippen LogP contribution < -0.4 is 20.8 Å². The molecule has 2 aromatic heterocycles. The Kier molecular flexibility index (Phi) is 7.43. The Hall–Kier alpha value is -3.61. The van der Waals surface area contributed by atoms with E-state index in [2.05, 4.69) is 15.5 Å². The van der Waals surface area contributed by atoms with E-state index in [9.17, 15) is 9.59 Å². The van der Waals surface area contributed by atoms with E-state index in [0.29, 0.717) is 28.9 Å². The monoisotopic (exact) mass is 706 g/mol. The summed E-state index contributed by atoms with van der Waals surface area (Å²) >= 11 is -1.09. The van der Waals surface area contributed by atoms with Gasteiger partial charge in [-0.2, -0.15) is 0 Å². The summed E-state index contributed by atoms with van der Waals surface area (Å²) < 4.78 is 23.6. The fourth-order valence-electron chi connectivity index (χ4n) is 6.56. The number of nitrogens with one attached hydrogen (secondary N) is 2. The van der Waals surface area contributed by atoms with E-state index in [1.165, 1.54) is 12.8 Å². The Bertz CT molecular complexity index is 1960. The van der Waals surface area contributed by atoms with E-state index in [0.717, 1.165) is 86.0 Å². The van der Waals surface area contributed by atoms with E-state index in [1.54, 1.807) is 6.20 Å². The van der Waals surface area contributed by atoms with Crippen LogP contribution in [0.25, 0.3) is 38.5 Å². The predicted octanol–water partition coefficient (Wildman–Crippen LogP) is 5.77.